The first-order chi connectivity index (χ1) is 16.4. The van der Waals surface area contributed by atoms with Gasteiger partial charge in [-0.2, -0.15) is 13.2 Å². The second kappa shape index (κ2) is 9.52. The van der Waals surface area contributed by atoms with E-state index < -0.39 is 48.5 Å². The molecule has 11 heteroatoms. The molecule has 5 nitrogen and oxygen atoms in total. The van der Waals surface area contributed by atoms with Gasteiger partial charge in [-0.3, -0.25) is 4.79 Å². The van der Waals surface area contributed by atoms with Gasteiger partial charge in [0.2, 0.25) is 0 Å². The molecule has 4 rings (SSSR count). The maximum atomic E-state index is 14.6. The lowest BCUT2D eigenvalue weighted by molar-refractivity contribution is -0.137. The van der Waals surface area contributed by atoms with Gasteiger partial charge in [-0.15, -0.1) is 11.3 Å². The number of hydrogen-bond donors (Lipinski definition) is 1. The molecule has 0 spiro atoms. The van der Waals surface area contributed by atoms with Crippen molar-refractivity contribution in [3.8, 4) is 10.4 Å². The predicted molar refractivity (Wildman–Crippen MR) is 124 cm³/mol. The SMILES string of the molecule is Cc1nc(C(=O)N2CC(F)(F)CC(C)C2CNc2ccc(C(F)(F)F)cn2)c(-c2ccccc2)s1. The summed E-state index contributed by atoms with van der Waals surface area (Å²) < 4.78 is 67.5. The zero-order valence-electron chi connectivity index (χ0n) is 18.9. The summed E-state index contributed by atoms with van der Waals surface area (Å²) in [7, 11) is 0. The van der Waals surface area contributed by atoms with Crippen LogP contribution in [0.1, 0.15) is 34.4 Å². The van der Waals surface area contributed by atoms with Crippen LogP contribution in [0.25, 0.3) is 10.4 Å². The quantitative estimate of drug-likeness (QED) is 0.420. The van der Waals surface area contributed by atoms with Crippen molar-refractivity contribution in [1.82, 2.24) is 14.9 Å². The number of likely N-dealkylation sites (tertiary alicyclic amines) is 1. The number of aromatic nitrogens is 2. The molecule has 1 amide bonds. The van der Waals surface area contributed by atoms with Gasteiger partial charge in [0, 0.05) is 19.2 Å². The third-order valence-electron chi connectivity index (χ3n) is 5.90. The van der Waals surface area contributed by atoms with Crippen molar-refractivity contribution in [2.75, 3.05) is 18.4 Å². The minimum absolute atomic E-state index is 0.0468. The molecule has 35 heavy (non-hydrogen) atoms. The fourth-order valence-electron chi connectivity index (χ4n) is 4.25. The summed E-state index contributed by atoms with van der Waals surface area (Å²) in [6.45, 7) is 2.65. The minimum atomic E-state index is -4.51. The summed E-state index contributed by atoms with van der Waals surface area (Å²) in [4.78, 5) is 23.5. The van der Waals surface area contributed by atoms with Gasteiger partial charge in [0.25, 0.3) is 11.8 Å². The second-order valence-corrected chi connectivity index (χ2v) is 9.83. The zero-order chi connectivity index (χ0) is 25.4. The standard InChI is InChI=1S/C24H23F5N4OS/c1-14-10-23(25,26)13-33(18(14)12-31-19-9-8-17(11-30-19)24(27,28)29)22(34)20-21(35-15(2)32-20)16-6-4-3-5-7-16/h3-9,11,14,18H,10,12-13H2,1-2H3,(H,30,31). The third kappa shape index (κ3) is 5.61. The number of amides is 1. The molecule has 2 atom stereocenters. The van der Waals surface area contributed by atoms with Crippen molar-refractivity contribution >= 4 is 23.1 Å². The van der Waals surface area contributed by atoms with Gasteiger partial charge >= 0.3 is 6.18 Å². The van der Waals surface area contributed by atoms with Crippen molar-refractivity contribution in [3.63, 3.8) is 0 Å². The number of piperidine rings is 1. The van der Waals surface area contributed by atoms with E-state index in [0.29, 0.717) is 16.1 Å². The molecule has 3 heterocycles. The largest absolute Gasteiger partial charge is 0.417 e. The van der Waals surface area contributed by atoms with Gasteiger partial charge in [-0.05, 0) is 30.5 Å². The first kappa shape index (κ1) is 25.0. The zero-order valence-corrected chi connectivity index (χ0v) is 19.8. The van der Waals surface area contributed by atoms with E-state index in [-0.39, 0.29) is 18.1 Å². The Hall–Kier alpha value is -3.08. The maximum Gasteiger partial charge on any atom is 0.417 e. The highest BCUT2D eigenvalue weighted by molar-refractivity contribution is 7.15. The highest BCUT2D eigenvalue weighted by Gasteiger charge is 2.46. The average Bonchev–Trinajstić information content (AvgIpc) is 3.19. The second-order valence-electron chi connectivity index (χ2n) is 8.63. The Kier molecular flexibility index (Phi) is 6.81. The first-order valence-electron chi connectivity index (χ1n) is 10.9. The van der Waals surface area contributed by atoms with Gasteiger partial charge in [0.05, 0.1) is 28.0 Å². The van der Waals surface area contributed by atoms with Crippen molar-refractivity contribution in [2.24, 2.45) is 5.92 Å². The van der Waals surface area contributed by atoms with Crippen LogP contribution in [-0.4, -0.2) is 45.8 Å². The van der Waals surface area contributed by atoms with Crippen molar-refractivity contribution in [2.45, 2.75) is 38.4 Å². The normalized spacial score (nSPS) is 20.0. The van der Waals surface area contributed by atoms with Crippen molar-refractivity contribution < 1.29 is 26.7 Å². The van der Waals surface area contributed by atoms with Crippen LogP contribution in [0.5, 0.6) is 0 Å². The van der Waals surface area contributed by atoms with Crippen LogP contribution in [-0.2, 0) is 6.18 Å². The molecule has 3 aromatic rings. The van der Waals surface area contributed by atoms with Crippen LogP contribution in [0.4, 0.5) is 27.8 Å². The number of hydrogen-bond acceptors (Lipinski definition) is 5. The Morgan fingerprint density at radius 3 is 2.54 bits per heavy atom. The summed E-state index contributed by atoms with van der Waals surface area (Å²) >= 11 is 1.31. The molecule has 0 bridgehead atoms. The number of benzene rings is 1. The van der Waals surface area contributed by atoms with Crippen molar-refractivity contribution in [3.05, 3.63) is 64.9 Å². The number of carbonyl (C=O) groups is 1. The Morgan fingerprint density at radius 1 is 1.20 bits per heavy atom. The lowest BCUT2D eigenvalue weighted by Gasteiger charge is -2.43. The van der Waals surface area contributed by atoms with Gasteiger partial charge in [0.15, 0.2) is 0 Å². The van der Waals surface area contributed by atoms with Crippen molar-refractivity contribution in [1.29, 1.82) is 0 Å². The van der Waals surface area contributed by atoms with Crippen LogP contribution >= 0.6 is 11.3 Å². The monoisotopic (exact) mass is 510 g/mol. The number of aryl methyl sites for hydroxylation is 1. The van der Waals surface area contributed by atoms with E-state index in [1.807, 2.05) is 30.3 Å². The number of nitrogens with one attached hydrogen (secondary N) is 1. The fraction of sp³-hybridized carbons (Fsp3) is 0.375. The molecular weight excluding hydrogens is 487 g/mol. The van der Waals surface area contributed by atoms with Crippen LogP contribution in [0.15, 0.2) is 48.7 Å². The molecule has 0 radical (unpaired) electrons. The first-order valence-corrected chi connectivity index (χ1v) is 11.7. The molecule has 186 valence electrons. The maximum absolute atomic E-state index is 14.6. The fourth-order valence-corrected chi connectivity index (χ4v) is 5.16. The molecular formula is C24H23F5N4OS. The number of pyridine rings is 1. The van der Waals surface area contributed by atoms with Gasteiger partial charge in [-0.25, -0.2) is 18.7 Å². The Balaban J connectivity index is 1.60. The molecule has 1 aliphatic heterocycles. The van der Waals surface area contributed by atoms with E-state index in [4.69, 9.17) is 0 Å². The van der Waals surface area contributed by atoms with Crippen LogP contribution < -0.4 is 5.32 Å². The molecule has 1 N–H and O–H groups in total. The van der Waals surface area contributed by atoms with E-state index in [0.717, 1.165) is 16.5 Å². The summed E-state index contributed by atoms with van der Waals surface area (Å²) in [5, 5.41) is 3.54. The Labute approximate surface area is 203 Å². The van der Waals surface area contributed by atoms with Crippen LogP contribution in [0.2, 0.25) is 0 Å². The molecule has 0 aliphatic carbocycles. The number of anilines is 1. The van der Waals surface area contributed by atoms with Crippen LogP contribution in [0, 0.1) is 12.8 Å². The number of nitrogens with zero attached hydrogens (tertiary/aromatic N) is 3. The van der Waals surface area contributed by atoms with E-state index in [9.17, 15) is 26.7 Å². The molecule has 2 aromatic heterocycles. The smallest absolute Gasteiger partial charge is 0.368 e. The van der Waals surface area contributed by atoms with E-state index in [1.54, 1.807) is 13.8 Å². The van der Waals surface area contributed by atoms with E-state index >= 15 is 0 Å². The average molecular weight is 511 g/mol. The molecule has 2 unspecified atom stereocenters. The molecule has 1 aliphatic rings. The Bertz CT molecular complexity index is 1180. The van der Waals surface area contributed by atoms with E-state index in [1.165, 1.54) is 17.4 Å². The number of rotatable bonds is 5. The highest BCUT2D eigenvalue weighted by atomic mass is 32.1. The summed E-state index contributed by atoms with van der Waals surface area (Å²) in [6.07, 6.45) is -4.22. The van der Waals surface area contributed by atoms with Crippen LogP contribution in [0.3, 0.4) is 0 Å². The van der Waals surface area contributed by atoms with E-state index in [2.05, 4.69) is 15.3 Å². The lowest BCUT2D eigenvalue weighted by Crippen LogP contribution is -2.57. The summed E-state index contributed by atoms with van der Waals surface area (Å²) in [6, 6.07) is 10.5. The molecule has 1 fully saturated rings. The molecule has 0 saturated carbocycles. The minimum Gasteiger partial charge on any atom is -0.368 e. The lowest BCUT2D eigenvalue weighted by atomic mass is 9.88. The Morgan fingerprint density at radius 2 is 1.91 bits per heavy atom. The topological polar surface area (TPSA) is 58.1 Å². The molecule has 1 saturated heterocycles. The number of alkyl halides is 5. The summed E-state index contributed by atoms with van der Waals surface area (Å²) in [5.74, 6) is -4.10. The number of carbonyl (C=O) groups excluding carboxylic acids is 1. The number of thiazole rings is 1. The third-order valence-corrected chi connectivity index (χ3v) is 6.92. The van der Waals surface area contributed by atoms with Gasteiger partial charge < -0.3 is 10.2 Å². The number of halogens is 5. The molecule has 1 aromatic carbocycles. The summed E-state index contributed by atoms with van der Waals surface area (Å²) in [5.41, 5.74) is -0.0129. The van der Waals surface area contributed by atoms with Gasteiger partial charge in [-0.1, -0.05) is 37.3 Å². The predicted octanol–water partition coefficient (Wildman–Crippen LogP) is 6.13. The van der Waals surface area contributed by atoms with Gasteiger partial charge in [0.1, 0.15) is 11.5 Å². The highest BCUT2D eigenvalue weighted by Crippen LogP contribution is 2.37.